The molecule has 0 spiro atoms. The van der Waals surface area contributed by atoms with Gasteiger partial charge in [0.25, 0.3) is 0 Å². The van der Waals surface area contributed by atoms with Crippen molar-refractivity contribution in [2.24, 2.45) is 5.92 Å². The van der Waals surface area contributed by atoms with Crippen molar-refractivity contribution < 1.29 is 14.6 Å². The average Bonchev–Trinajstić information content (AvgIpc) is 2.70. The van der Waals surface area contributed by atoms with Gasteiger partial charge < -0.3 is 9.84 Å². The molecule has 3 heteroatoms. The van der Waals surface area contributed by atoms with Crippen LogP contribution in [-0.2, 0) is 9.53 Å². The van der Waals surface area contributed by atoms with Crippen LogP contribution < -0.4 is 0 Å². The van der Waals surface area contributed by atoms with E-state index in [0.717, 1.165) is 19.3 Å². The van der Waals surface area contributed by atoms with Crippen LogP contribution in [0.1, 0.15) is 52.9 Å². The minimum absolute atomic E-state index is 0.0439. The first-order chi connectivity index (χ1) is 10.8. The molecule has 0 radical (unpaired) electrons. The number of ether oxygens (including phenoxy) is 1. The minimum atomic E-state index is -0.875. The topological polar surface area (TPSA) is 46.5 Å². The molecule has 1 fully saturated rings. The van der Waals surface area contributed by atoms with Gasteiger partial charge >= 0.3 is 5.97 Å². The number of fused-ring (bicyclic) bond motifs is 1. The maximum Gasteiger partial charge on any atom is 0.334 e. The summed E-state index contributed by atoms with van der Waals surface area (Å²) in [5.74, 6) is -0.350. The lowest BCUT2D eigenvalue weighted by molar-refractivity contribution is -0.137. The van der Waals surface area contributed by atoms with Crippen molar-refractivity contribution in [3.63, 3.8) is 0 Å². The van der Waals surface area contributed by atoms with Crippen LogP contribution in [0.2, 0.25) is 0 Å². The predicted octanol–water partition coefficient (Wildman–Crippen LogP) is 4.25. The quantitative estimate of drug-likeness (QED) is 0.413. The molecule has 23 heavy (non-hydrogen) atoms. The fourth-order valence-electron chi connectivity index (χ4n) is 3.14. The first-order valence-corrected chi connectivity index (χ1v) is 8.41. The lowest BCUT2D eigenvalue weighted by Gasteiger charge is -2.23. The summed E-state index contributed by atoms with van der Waals surface area (Å²) in [7, 11) is 0. The summed E-state index contributed by atoms with van der Waals surface area (Å²) in [6, 6.07) is 0. The van der Waals surface area contributed by atoms with Gasteiger partial charge in [-0.25, -0.2) is 4.79 Å². The predicted molar refractivity (Wildman–Crippen MR) is 92.9 cm³/mol. The van der Waals surface area contributed by atoms with Crippen molar-refractivity contribution in [3.05, 3.63) is 47.6 Å². The van der Waals surface area contributed by atoms with Crippen molar-refractivity contribution in [2.45, 2.75) is 64.6 Å². The highest BCUT2D eigenvalue weighted by Crippen LogP contribution is 2.34. The maximum absolute atomic E-state index is 11.9. The van der Waals surface area contributed by atoms with Crippen molar-refractivity contribution >= 4 is 5.97 Å². The molecular weight excluding hydrogens is 288 g/mol. The summed E-state index contributed by atoms with van der Waals surface area (Å²) in [5.41, 5.74) is 2.19. The Morgan fingerprint density at radius 3 is 2.83 bits per heavy atom. The SMILES string of the molecule is C=C1C(=O)O[C@H]2/C=C(\C)CC/C=C(\C)C/C=C/[C@](C)(O)CC[C@@H]12. The van der Waals surface area contributed by atoms with Gasteiger partial charge in [0.2, 0.25) is 0 Å². The fraction of sp³-hybridized carbons (Fsp3) is 0.550. The molecule has 2 aliphatic rings. The van der Waals surface area contributed by atoms with E-state index >= 15 is 0 Å². The largest absolute Gasteiger partial charge is 0.454 e. The molecule has 0 aromatic carbocycles. The van der Waals surface area contributed by atoms with Gasteiger partial charge in [-0.2, -0.15) is 0 Å². The Bertz CT molecular complexity index is 563. The Balaban J connectivity index is 2.25. The number of aliphatic hydroxyl groups is 1. The van der Waals surface area contributed by atoms with Crippen LogP contribution in [0.15, 0.2) is 47.6 Å². The number of carbonyl (C=O) groups is 1. The summed E-state index contributed by atoms with van der Waals surface area (Å²) in [6.07, 6.45) is 12.0. The Morgan fingerprint density at radius 1 is 1.35 bits per heavy atom. The van der Waals surface area contributed by atoms with Crippen molar-refractivity contribution in [1.29, 1.82) is 0 Å². The van der Waals surface area contributed by atoms with E-state index in [2.05, 4.69) is 32.6 Å². The Hall–Kier alpha value is -1.61. The zero-order valence-electron chi connectivity index (χ0n) is 14.5. The van der Waals surface area contributed by atoms with Gasteiger partial charge in [0.15, 0.2) is 0 Å². The first-order valence-electron chi connectivity index (χ1n) is 8.41. The molecule has 1 saturated heterocycles. The summed E-state index contributed by atoms with van der Waals surface area (Å²) >= 11 is 0. The van der Waals surface area contributed by atoms with Gasteiger partial charge in [-0.3, -0.25) is 0 Å². The number of carbonyl (C=O) groups excluding carboxylic acids is 1. The highest BCUT2D eigenvalue weighted by atomic mass is 16.5. The van der Waals surface area contributed by atoms with Crippen LogP contribution in [0.25, 0.3) is 0 Å². The number of rotatable bonds is 0. The maximum atomic E-state index is 11.9. The van der Waals surface area contributed by atoms with E-state index in [1.165, 1.54) is 11.1 Å². The minimum Gasteiger partial charge on any atom is -0.454 e. The van der Waals surface area contributed by atoms with E-state index in [0.29, 0.717) is 18.4 Å². The zero-order valence-corrected chi connectivity index (χ0v) is 14.5. The third-order valence-electron chi connectivity index (χ3n) is 4.71. The molecule has 1 aliphatic carbocycles. The number of esters is 1. The average molecular weight is 316 g/mol. The Kier molecular flexibility index (Phi) is 5.64. The number of hydrogen-bond acceptors (Lipinski definition) is 3. The van der Waals surface area contributed by atoms with Crippen molar-refractivity contribution in [1.82, 2.24) is 0 Å². The second-order valence-electron chi connectivity index (χ2n) is 7.11. The van der Waals surface area contributed by atoms with Crippen LogP contribution in [-0.4, -0.2) is 22.8 Å². The molecular formula is C20H28O3. The van der Waals surface area contributed by atoms with Crippen molar-refractivity contribution in [3.8, 4) is 0 Å². The molecule has 0 unspecified atom stereocenters. The second kappa shape index (κ2) is 7.31. The third-order valence-corrected chi connectivity index (χ3v) is 4.71. The molecule has 3 nitrogen and oxygen atoms in total. The van der Waals surface area contributed by atoms with Gasteiger partial charge in [0.05, 0.1) is 5.60 Å². The van der Waals surface area contributed by atoms with E-state index in [1.54, 1.807) is 0 Å². The molecule has 0 aromatic heterocycles. The monoisotopic (exact) mass is 316 g/mol. The molecule has 0 aromatic rings. The molecule has 1 aliphatic heterocycles. The molecule has 3 atom stereocenters. The van der Waals surface area contributed by atoms with E-state index < -0.39 is 5.60 Å². The van der Waals surface area contributed by atoms with E-state index in [4.69, 9.17) is 4.74 Å². The standard InChI is InChI=1S/C20H28O3/c1-14-7-5-8-15(2)13-18-17(16(3)19(21)23-18)10-12-20(4,22)11-6-9-14/h6-7,11,13,17-18,22H,3,5,8-10,12H2,1-2,4H3/b11-6+,14-7+,15-13+/t17-,18-,20-/m0/s1. The third kappa shape index (κ3) is 4.93. The number of allylic oxidation sites excluding steroid dienone is 4. The van der Waals surface area contributed by atoms with Crippen LogP contribution in [0.3, 0.4) is 0 Å². The Labute approximate surface area is 139 Å². The molecule has 0 amide bonds. The van der Waals surface area contributed by atoms with Crippen LogP contribution in [0.5, 0.6) is 0 Å². The summed E-state index contributed by atoms with van der Waals surface area (Å²) < 4.78 is 5.47. The number of hydrogen-bond donors (Lipinski definition) is 1. The summed E-state index contributed by atoms with van der Waals surface area (Å²) in [5, 5.41) is 10.5. The van der Waals surface area contributed by atoms with E-state index in [9.17, 15) is 9.90 Å². The highest BCUT2D eigenvalue weighted by molar-refractivity contribution is 5.91. The first kappa shape index (κ1) is 17.7. The van der Waals surface area contributed by atoms with Crippen molar-refractivity contribution in [2.75, 3.05) is 0 Å². The molecule has 0 bridgehead atoms. The van der Waals surface area contributed by atoms with Gasteiger partial charge in [0, 0.05) is 11.5 Å². The van der Waals surface area contributed by atoms with Gasteiger partial charge in [-0.1, -0.05) is 36.0 Å². The van der Waals surface area contributed by atoms with Gasteiger partial charge in [-0.05, 0) is 59.0 Å². The van der Waals surface area contributed by atoms with Gasteiger partial charge in [-0.15, -0.1) is 0 Å². The molecule has 1 N–H and O–H groups in total. The van der Waals surface area contributed by atoms with Gasteiger partial charge in [0.1, 0.15) is 6.10 Å². The fourth-order valence-corrected chi connectivity index (χ4v) is 3.14. The van der Waals surface area contributed by atoms with E-state index in [1.807, 2.05) is 19.1 Å². The zero-order chi connectivity index (χ0) is 17.0. The second-order valence-corrected chi connectivity index (χ2v) is 7.11. The van der Waals surface area contributed by atoms with E-state index in [-0.39, 0.29) is 18.0 Å². The highest BCUT2D eigenvalue weighted by Gasteiger charge is 2.38. The van der Waals surface area contributed by atoms with Crippen LogP contribution in [0.4, 0.5) is 0 Å². The summed E-state index contributed by atoms with van der Waals surface area (Å²) in [6.45, 7) is 9.90. The van der Waals surface area contributed by atoms with Crippen LogP contribution >= 0.6 is 0 Å². The molecule has 2 rings (SSSR count). The molecule has 126 valence electrons. The lowest BCUT2D eigenvalue weighted by Crippen LogP contribution is -2.24. The smallest absolute Gasteiger partial charge is 0.334 e. The van der Waals surface area contributed by atoms with Crippen LogP contribution in [0, 0.1) is 5.92 Å². The summed E-state index contributed by atoms with van der Waals surface area (Å²) in [4.78, 5) is 11.9. The molecule has 1 heterocycles. The Morgan fingerprint density at radius 2 is 2.09 bits per heavy atom. The normalized spacial score (nSPS) is 39.3. The lowest BCUT2D eigenvalue weighted by atomic mass is 9.86. The molecule has 0 saturated carbocycles.